The van der Waals surface area contributed by atoms with E-state index < -0.39 is 11.7 Å². The Labute approximate surface area is 124 Å². The van der Waals surface area contributed by atoms with E-state index in [0.717, 1.165) is 0 Å². The van der Waals surface area contributed by atoms with Crippen LogP contribution < -0.4 is 11.2 Å². The summed E-state index contributed by atoms with van der Waals surface area (Å²) in [6, 6.07) is 2.95. The highest BCUT2D eigenvalue weighted by molar-refractivity contribution is 9.11. The zero-order chi connectivity index (χ0) is 13.9. The number of nitriles is 1. The molecular formula is C9H5Br2ClFN5. The van der Waals surface area contributed by atoms with E-state index >= 15 is 0 Å². The summed E-state index contributed by atoms with van der Waals surface area (Å²) in [6.45, 7) is 0. The van der Waals surface area contributed by atoms with E-state index in [2.05, 4.69) is 42.4 Å². The van der Waals surface area contributed by atoms with Gasteiger partial charge in [-0.05, 0) is 37.9 Å². The maximum absolute atomic E-state index is 13.6. The molecule has 0 spiro atoms. The van der Waals surface area contributed by atoms with Gasteiger partial charge >= 0.3 is 0 Å². The van der Waals surface area contributed by atoms with Crippen molar-refractivity contribution in [2.45, 2.75) is 0 Å². The third kappa shape index (κ3) is 3.19. The first-order valence-electron chi connectivity index (χ1n) is 4.29. The van der Waals surface area contributed by atoms with Gasteiger partial charge in [-0.2, -0.15) is 10.4 Å². The lowest BCUT2D eigenvalue weighted by molar-refractivity contribution is 0.615. The Morgan fingerprint density at radius 1 is 1.61 bits per heavy atom. The molecule has 94 valence electrons. The van der Waals surface area contributed by atoms with Gasteiger partial charge in [0.1, 0.15) is 6.07 Å². The zero-order valence-electron chi connectivity index (χ0n) is 8.56. The number of halogens is 4. The normalized spacial score (nSPS) is 10.9. The third-order valence-corrected chi connectivity index (χ3v) is 3.37. The average Bonchev–Trinajstić information content (AvgIpc) is 2.30. The summed E-state index contributed by atoms with van der Waals surface area (Å²) >= 11 is 11.9. The van der Waals surface area contributed by atoms with Gasteiger partial charge in [0, 0.05) is 0 Å². The van der Waals surface area contributed by atoms with E-state index in [9.17, 15) is 4.39 Å². The lowest BCUT2D eigenvalue weighted by atomic mass is 10.3. The molecule has 5 nitrogen and oxygen atoms in total. The number of nitrogens with zero attached hydrogens (tertiary/aromatic N) is 2. The second-order valence-corrected chi connectivity index (χ2v) is 5.00. The number of nitrogens with one attached hydrogen (secondary N) is 2. The summed E-state index contributed by atoms with van der Waals surface area (Å²) in [5.41, 5.74) is 7.29. The maximum atomic E-state index is 13.6. The highest BCUT2D eigenvalue weighted by Crippen LogP contribution is 2.37. The molecule has 0 saturated carbocycles. The Morgan fingerprint density at radius 3 is 2.72 bits per heavy atom. The van der Waals surface area contributed by atoms with Crippen LogP contribution >= 0.6 is 43.5 Å². The zero-order valence-corrected chi connectivity index (χ0v) is 12.5. The number of nitrogens with two attached hydrogens (primary N) is 1. The lowest BCUT2D eigenvalue weighted by Crippen LogP contribution is -2.22. The Bertz CT molecular complexity index is 581. The molecule has 9 heteroatoms. The molecule has 0 aliphatic carbocycles. The minimum atomic E-state index is -0.571. The second kappa shape index (κ2) is 6.13. The molecule has 0 atom stereocenters. The molecule has 4 N–H and O–H groups in total. The van der Waals surface area contributed by atoms with Crippen LogP contribution in [0.3, 0.4) is 0 Å². The van der Waals surface area contributed by atoms with Crippen molar-refractivity contribution in [3.05, 3.63) is 25.9 Å². The minimum Gasteiger partial charge on any atom is -0.382 e. The highest BCUT2D eigenvalue weighted by atomic mass is 79.9. The molecule has 1 aromatic carbocycles. The molecule has 1 aromatic rings. The first-order chi connectivity index (χ1) is 8.38. The smallest absolute Gasteiger partial charge is 0.201 e. The first-order valence-corrected chi connectivity index (χ1v) is 6.26. The molecular weight excluding hydrogens is 392 g/mol. The summed E-state index contributed by atoms with van der Waals surface area (Å²) in [5.74, 6) is -1.08. The largest absolute Gasteiger partial charge is 0.382 e. The average molecular weight is 397 g/mol. The SMILES string of the molecule is N#C/C(=N\Nc1c(Cl)cc(Br)c(F)c1Br)C(=N)N. The van der Waals surface area contributed by atoms with Crippen molar-refractivity contribution in [2.75, 3.05) is 5.43 Å². The van der Waals surface area contributed by atoms with Gasteiger partial charge in [0.25, 0.3) is 0 Å². The monoisotopic (exact) mass is 395 g/mol. The van der Waals surface area contributed by atoms with Crippen LogP contribution in [0.1, 0.15) is 0 Å². The van der Waals surface area contributed by atoms with Gasteiger partial charge < -0.3 is 5.73 Å². The topological polar surface area (TPSA) is 98.0 Å². The van der Waals surface area contributed by atoms with E-state index in [4.69, 9.17) is 28.0 Å². The van der Waals surface area contributed by atoms with Crippen LogP contribution in [0.25, 0.3) is 0 Å². The molecule has 0 aliphatic rings. The number of benzene rings is 1. The van der Waals surface area contributed by atoms with Gasteiger partial charge in [-0.3, -0.25) is 10.8 Å². The Morgan fingerprint density at radius 2 is 2.22 bits per heavy atom. The molecule has 0 aliphatic heterocycles. The number of amidine groups is 1. The number of rotatable bonds is 3. The van der Waals surface area contributed by atoms with Crippen molar-refractivity contribution in [1.82, 2.24) is 0 Å². The third-order valence-electron chi connectivity index (χ3n) is 1.75. The molecule has 0 radical (unpaired) electrons. The molecule has 0 bridgehead atoms. The Kier molecular flexibility index (Phi) is 5.07. The summed E-state index contributed by atoms with van der Waals surface area (Å²) in [6.07, 6.45) is 0. The minimum absolute atomic E-state index is 0.0477. The van der Waals surface area contributed by atoms with Crippen LogP contribution in [0, 0.1) is 22.6 Å². The summed E-state index contributed by atoms with van der Waals surface area (Å²) in [4.78, 5) is 0. The van der Waals surface area contributed by atoms with Crippen molar-refractivity contribution in [3.63, 3.8) is 0 Å². The molecule has 0 fully saturated rings. The maximum Gasteiger partial charge on any atom is 0.201 e. The quantitative estimate of drug-likeness (QED) is 0.240. The van der Waals surface area contributed by atoms with Crippen molar-refractivity contribution in [1.29, 1.82) is 10.7 Å². The van der Waals surface area contributed by atoms with E-state index in [1.165, 1.54) is 6.07 Å². The molecule has 18 heavy (non-hydrogen) atoms. The van der Waals surface area contributed by atoms with Gasteiger partial charge in [0.05, 0.1) is 19.7 Å². The van der Waals surface area contributed by atoms with E-state index in [1.807, 2.05) is 0 Å². The van der Waals surface area contributed by atoms with Crippen LogP contribution in [0.4, 0.5) is 10.1 Å². The molecule has 0 saturated heterocycles. The van der Waals surface area contributed by atoms with Gasteiger partial charge in [0.15, 0.2) is 11.7 Å². The van der Waals surface area contributed by atoms with Crippen LogP contribution in [-0.2, 0) is 0 Å². The van der Waals surface area contributed by atoms with Crippen LogP contribution in [0.5, 0.6) is 0 Å². The number of hydrazone groups is 1. The Balaban J connectivity index is 3.18. The highest BCUT2D eigenvalue weighted by Gasteiger charge is 2.14. The molecule has 0 aromatic heterocycles. The first kappa shape index (κ1) is 14.9. The van der Waals surface area contributed by atoms with Gasteiger partial charge in [0.2, 0.25) is 5.71 Å². The molecule has 0 amide bonds. The van der Waals surface area contributed by atoms with Gasteiger partial charge in [-0.1, -0.05) is 11.6 Å². The van der Waals surface area contributed by atoms with Gasteiger partial charge in [-0.15, -0.1) is 0 Å². The van der Waals surface area contributed by atoms with E-state index in [0.29, 0.717) is 0 Å². The summed E-state index contributed by atoms with van der Waals surface area (Å²) < 4.78 is 13.8. The van der Waals surface area contributed by atoms with Crippen molar-refractivity contribution in [3.8, 4) is 6.07 Å². The Hall–Kier alpha value is -1.17. The lowest BCUT2D eigenvalue weighted by Gasteiger charge is -2.08. The van der Waals surface area contributed by atoms with Crippen molar-refractivity contribution >= 4 is 60.7 Å². The van der Waals surface area contributed by atoms with Crippen LogP contribution in [-0.4, -0.2) is 11.5 Å². The van der Waals surface area contributed by atoms with Crippen LogP contribution in [0.2, 0.25) is 5.02 Å². The second-order valence-electron chi connectivity index (χ2n) is 2.94. The fourth-order valence-corrected chi connectivity index (χ4v) is 2.63. The summed E-state index contributed by atoms with van der Waals surface area (Å²) in [7, 11) is 0. The van der Waals surface area contributed by atoms with E-state index in [1.54, 1.807) is 6.07 Å². The number of anilines is 1. The molecule has 1 rings (SSSR count). The van der Waals surface area contributed by atoms with Crippen molar-refractivity contribution < 1.29 is 4.39 Å². The predicted octanol–water partition coefficient (Wildman–Crippen LogP) is 3.23. The number of hydrogen-bond acceptors (Lipinski definition) is 4. The van der Waals surface area contributed by atoms with E-state index in [-0.39, 0.29) is 25.4 Å². The fourth-order valence-electron chi connectivity index (χ4n) is 0.926. The van der Waals surface area contributed by atoms with Crippen molar-refractivity contribution in [2.24, 2.45) is 10.8 Å². The molecule has 0 unspecified atom stereocenters. The standard InChI is InChI=1S/C9H5Br2ClFN5/c10-3-1-4(12)8(6(11)7(3)13)18-17-5(2-14)9(15)16/h1,18H,(H3,15,16)/b17-5+. The van der Waals surface area contributed by atoms with Gasteiger partial charge in [-0.25, -0.2) is 4.39 Å². The molecule has 0 heterocycles. The fraction of sp³-hybridized carbons (Fsp3) is 0. The summed E-state index contributed by atoms with van der Waals surface area (Å²) in [5, 5.41) is 19.4. The van der Waals surface area contributed by atoms with Crippen LogP contribution in [0.15, 0.2) is 20.1 Å². The number of hydrogen-bond donors (Lipinski definition) is 3. The predicted molar refractivity (Wildman–Crippen MR) is 75.4 cm³/mol.